The quantitative estimate of drug-likeness (QED) is 0.312. The van der Waals surface area contributed by atoms with Crippen LogP contribution >= 0.6 is 0 Å². The van der Waals surface area contributed by atoms with E-state index in [1.807, 2.05) is 0 Å². The van der Waals surface area contributed by atoms with Crippen LogP contribution in [0.4, 0.5) is 0 Å². The van der Waals surface area contributed by atoms with Crippen LogP contribution in [0.25, 0.3) is 0 Å². The van der Waals surface area contributed by atoms with Gasteiger partial charge in [-0.15, -0.1) is 0 Å². The van der Waals surface area contributed by atoms with Crippen LogP contribution in [-0.2, 0) is 33.4 Å². The number of carbonyl (C=O) groups excluding carboxylic acids is 3. The second-order valence-corrected chi connectivity index (χ2v) is 8.13. The molecule has 30 heavy (non-hydrogen) atoms. The number of aliphatic hydroxyl groups is 1. The minimum absolute atomic E-state index is 0.0688. The Morgan fingerprint density at radius 1 is 0.933 bits per heavy atom. The maximum Gasteiger partial charge on any atom is 0.311 e. The Bertz CT molecular complexity index is 603. The number of hydrogen-bond acceptors (Lipinski definition) is 8. The van der Waals surface area contributed by atoms with Crippen LogP contribution in [0.2, 0.25) is 0 Å². The molecular formula is C21H36O9. The first-order valence-corrected chi connectivity index (χ1v) is 10.2. The van der Waals surface area contributed by atoms with E-state index in [1.165, 1.54) is 21.0 Å². The fourth-order valence-electron chi connectivity index (χ4n) is 3.53. The fraction of sp³-hybridized carbons (Fsp3) is 0.810. The second-order valence-electron chi connectivity index (χ2n) is 8.13. The molecule has 0 saturated heterocycles. The monoisotopic (exact) mass is 432 g/mol. The van der Waals surface area contributed by atoms with E-state index >= 15 is 0 Å². The van der Waals surface area contributed by atoms with Crippen molar-refractivity contribution in [3.8, 4) is 0 Å². The molecule has 174 valence electrons. The first-order valence-electron chi connectivity index (χ1n) is 10.2. The van der Waals surface area contributed by atoms with Gasteiger partial charge in [-0.05, 0) is 46.5 Å². The van der Waals surface area contributed by atoms with Crippen LogP contribution in [0.1, 0.15) is 60.3 Å². The lowest BCUT2D eigenvalue weighted by Crippen LogP contribution is -2.40. The van der Waals surface area contributed by atoms with Gasteiger partial charge < -0.3 is 24.4 Å². The van der Waals surface area contributed by atoms with E-state index in [0.717, 1.165) is 0 Å². The number of methoxy groups -OCH3 is 1. The van der Waals surface area contributed by atoms with Gasteiger partial charge in [0, 0.05) is 0 Å². The van der Waals surface area contributed by atoms with Crippen molar-refractivity contribution in [2.75, 3.05) is 26.9 Å². The van der Waals surface area contributed by atoms with Crippen molar-refractivity contribution in [3.05, 3.63) is 0 Å². The molecule has 0 rings (SSSR count). The normalized spacial score (nSPS) is 17.0. The van der Waals surface area contributed by atoms with E-state index in [-0.39, 0.29) is 39.1 Å². The van der Waals surface area contributed by atoms with Gasteiger partial charge >= 0.3 is 23.9 Å². The number of carbonyl (C=O) groups is 4. The third kappa shape index (κ3) is 7.93. The highest BCUT2D eigenvalue weighted by Crippen LogP contribution is 2.41. The molecule has 9 heteroatoms. The average molecular weight is 433 g/mol. The highest BCUT2D eigenvalue weighted by molar-refractivity contribution is 5.81. The van der Waals surface area contributed by atoms with Crippen LogP contribution in [0.15, 0.2) is 0 Å². The average Bonchev–Trinajstić information content (AvgIpc) is 2.70. The third-order valence-electron chi connectivity index (χ3n) is 5.47. The molecule has 0 heterocycles. The van der Waals surface area contributed by atoms with Crippen molar-refractivity contribution in [1.82, 2.24) is 0 Å². The first-order chi connectivity index (χ1) is 13.9. The molecule has 0 aliphatic heterocycles. The minimum atomic E-state index is -1.34. The van der Waals surface area contributed by atoms with Gasteiger partial charge in [0.1, 0.15) is 6.61 Å². The lowest BCUT2D eigenvalue weighted by molar-refractivity contribution is -0.163. The number of rotatable bonds is 14. The molecule has 0 spiro atoms. The Kier molecular flexibility index (Phi) is 11.6. The second kappa shape index (κ2) is 12.5. The molecule has 0 aliphatic carbocycles. The minimum Gasteiger partial charge on any atom is -0.481 e. The summed E-state index contributed by atoms with van der Waals surface area (Å²) in [5.74, 6) is -4.60. The molecule has 9 nitrogen and oxygen atoms in total. The van der Waals surface area contributed by atoms with Crippen molar-refractivity contribution < 1.29 is 43.6 Å². The van der Waals surface area contributed by atoms with Crippen molar-refractivity contribution in [1.29, 1.82) is 0 Å². The summed E-state index contributed by atoms with van der Waals surface area (Å²) < 4.78 is 15.1. The maximum absolute atomic E-state index is 12.8. The van der Waals surface area contributed by atoms with Crippen molar-refractivity contribution in [3.63, 3.8) is 0 Å². The Balaban J connectivity index is 6.00. The summed E-state index contributed by atoms with van der Waals surface area (Å²) in [7, 11) is 1.26. The van der Waals surface area contributed by atoms with Gasteiger partial charge in [0.15, 0.2) is 0 Å². The van der Waals surface area contributed by atoms with Gasteiger partial charge in [0.2, 0.25) is 0 Å². The molecule has 0 amide bonds. The van der Waals surface area contributed by atoms with Gasteiger partial charge in [-0.3, -0.25) is 19.2 Å². The number of ether oxygens (including phenoxy) is 3. The number of carboxylic acid groups (broad SMARTS) is 1. The molecule has 4 atom stereocenters. The lowest BCUT2D eigenvalue weighted by Gasteiger charge is -2.35. The maximum atomic E-state index is 12.8. The van der Waals surface area contributed by atoms with E-state index in [4.69, 9.17) is 19.3 Å². The fourth-order valence-corrected chi connectivity index (χ4v) is 3.53. The van der Waals surface area contributed by atoms with Crippen LogP contribution in [0.5, 0.6) is 0 Å². The number of esters is 3. The highest BCUT2D eigenvalue weighted by atomic mass is 16.5. The summed E-state index contributed by atoms with van der Waals surface area (Å²) in [6.07, 6.45) is 0.315. The van der Waals surface area contributed by atoms with Crippen molar-refractivity contribution in [2.24, 2.45) is 22.7 Å². The van der Waals surface area contributed by atoms with Crippen LogP contribution in [-0.4, -0.2) is 61.0 Å². The SMILES string of the molecule is CCOC(=O)C(CC(C)(CC)C(=O)OC)CC(C)(CC(C)C(=O)O)C(=O)OCCO. The zero-order valence-electron chi connectivity index (χ0n) is 18.9. The van der Waals surface area contributed by atoms with E-state index in [9.17, 15) is 24.3 Å². The van der Waals surface area contributed by atoms with E-state index in [2.05, 4.69) is 0 Å². The smallest absolute Gasteiger partial charge is 0.311 e. The summed E-state index contributed by atoms with van der Waals surface area (Å²) in [5.41, 5.74) is -2.32. The predicted octanol–water partition coefficient (Wildman–Crippen LogP) is 2.19. The molecule has 4 unspecified atom stereocenters. The van der Waals surface area contributed by atoms with Crippen LogP contribution < -0.4 is 0 Å². The lowest BCUT2D eigenvalue weighted by atomic mass is 9.70. The molecule has 0 fully saturated rings. The van der Waals surface area contributed by atoms with Gasteiger partial charge in [0.25, 0.3) is 0 Å². The molecule has 0 bridgehead atoms. The molecule has 0 saturated carbocycles. The molecule has 0 aromatic rings. The summed E-state index contributed by atoms with van der Waals surface area (Å²) in [6, 6.07) is 0. The van der Waals surface area contributed by atoms with E-state index in [1.54, 1.807) is 20.8 Å². The number of carboxylic acids is 1. The van der Waals surface area contributed by atoms with E-state index in [0.29, 0.717) is 6.42 Å². The first kappa shape index (κ1) is 27.8. The molecule has 2 N–H and O–H groups in total. The van der Waals surface area contributed by atoms with Crippen LogP contribution in [0, 0.1) is 22.7 Å². The van der Waals surface area contributed by atoms with Crippen molar-refractivity contribution in [2.45, 2.75) is 60.3 Å². The largest absolute Gasteiger partial charge is 0.481 e. The zero-order chi connectivity index (χ0) is 23.5. The van der Waals surface area contributed by atoms with Gasteiger partial charge in [-0.1, -0.05) is 13.8 Å². The van der Waals surface area contributed by atoms with Gasteiger partial charge in [-0.2, -0.15) is 0 Å². The summed E-state index contributed by atoms with van der Waals surface area (Å²) in [4.78, 5) is 49.2. The van der Waals surface area contributed by atoms with Gasteiger partial charge in [-0.25, -0.2) is 0 Å². The Labute approximate surface area is 178 Å². The van der Waals surface area contributed by atoms with Crippen LogP contribution in [0.3, 0.4) is 0 Å². The molecule has 0 aromatic carbocycles. The third-order valence-corrected chi connectivity index (χ3v) is 5.47. The van der Waals surface area contributed by atoms with Crippen molar-refractivity contribution >= 4 is 23.9 Å². The zero-order valence-corrected chi connectivity index (χ0v) is 18.9. The Morgan fingerprint density at radius 3 is 1.93 bits per heavy atom. The predicted molar refractivity (Wildman–Crippen MR) is 107 cm³/mol. The Hall–Kier alpha value is -2.16. The number of aliphatic carboxylic acids is 1. The number of aliphatic hydroxyl groups excluding tert-OH is 1. The topological polar surface area (TPSA) is 136 Å². The molecule has 0 radical (unpaired) electrons. The standard InChI is InChI=1S/C21H36O9/c1-7-20(4,18(26)28-6)12-15(17(25)29-8-2)13-21(5,11-14(3)16(23)24)19(27)30-10-9-22/h14-15,22H,7-13H2,1-6H3,(H,23,24). The summed E-state index contributed by atoms with van der Waals surface area (Å²) in [5, 5.41) is 18.3. The highest BCUT2D eigenvalue weighted by Gasteiger charge is 2.45. The van der Waals surface area contributed by atoms with Gasteiger partial charge in [0.05, 0.1) is 43.0 Å². The molecule has 0 aromatic heterocycles. The number of hydrogen-bond donors (Lipinski definition) is 2. The Morgan fingerprint density at radius 2 is 1.50 bits per heavy atom. The molecular weight excluding hydrogens is 396 g/mol. The summed E-state index contributed by atoms with van der Waals surface area (Å²) >= 11 is 0. The van der Waals surface area contributed by atoms with E-state index < -0.39 is 46.5 Å². The molecule has 0 aliphatic rings. The summed E-state index contributed by atoms with van der Waals surface area (Å²) in [6.45, 7) is 7.60.